The van der Waals surface area contributed by atoms with Gasteiger partial charge in [-0.05, 0) is 41.8 Å². The molecular formula is C27H24N6OS2. The highest BCUT2D eigenvalue weighted by Gasteiger charge is 2.18. The van der Waals surface area contributed by atoms with E-state index < -0.39 is 0 Å². The Hall–Kier alpha value is -3.82. The van der Waals surface area contributed by atoms with Crippen LogP contribution in [0.2, 0.25) is 0 Å². The van der Waals surface area contributed by atoms with Crippen LogP contribution in [0.5, 0.6) is 0 Å². The first-order valence-corrected chi connectivity index (χ1v) is 13.3. The third-order valence-corrected chi connectivity index (χ3v) is 7.55. The normalized spacial score (nSPS) is 10.9. The summed E-state index contributed by atoms with van der Waals surface area (Å²) in [5, 5.41) is 15.4. The average molecular weight is 513 g/mol. The van der Waals surface area contributed by atoms with E-state index in [4.69, 9.17) is 0 Å². The zero-order valence-electron chi connectivity index (χ0n) is 19.7. The molecule has 0 bridgehead atoms. The van der Waals surface area contributed by atoms with E-state index in [2.05, 4.69) is 61.2 Å². The van der Waals surface area contributed by atoms with E-state index in [0.29, 0.717) is 24.4 Å². The van der Waals surface area contributed by atoms with Crippen LogP contribution in [-0.4, -0.2) is 30.6 Å². The van der Waals surface area contributed by atoms with E-state index in [-0.39, 0.29) is 5.91 Å². The van der Waals surface area contributed by atoms with Crippen molar-refractivity contribution in [2.75, 3.05) is 0 Å². The van der Waals surface area contributed by atoms with Crippen molar-refractivity contribution in [1.29, 1.82) is 0 Å². The summed E-state index contributed by atoms with van der Waals surface area (Å²) in [5.74, 6) is 1.29. The number of carbonyl (C=O) groups is 1. The van der Waals surface area contributed by atoms with Gasteiger partial charge in [0.1, 0.15) is 16.5 Å². The largest absolute Gasteiger partial charge is 0.347 e. The number of aryl methyl sites for hydroxylation is 1. The maximum absolute atomic E-state index is 12.5. The van der Waals surface area contributed by atoms with Gasteiger partial charge in [-0.3, -0.25) is 14.3 Å². The molecule has 0 saturated carbocycles. The van der Waals surface area contributed by atoms with Crippen molar-refractivity contribution >= 4 is 29.0 Å². The molecule has 5 rings (SSSR count). The molecule has 0 unspecified atom stereocenters. The lowest BCUT2D eigenvalue weighted by molar-refractivity contribution is 0.0946. The van der Waals surface area contributed by atoms with Crippen LogP contribution in [0, 0.1) is 6.92 Å². The molecule has 2 aromatic carbocycles. The maximum atomic E-state index is 12.5. The van der Waals surface area contributed by atoms with Gasteiger partial charge >= 0.3 is 0 Å². The SMILES string of the molecule is Cc1ccccc1-n1c(Cc2ccccc2)nnc1SCc1nc(C(=O)NCc2ccncc2)cs1. The quantitative estimate of drug-likeness (QED) is 0.272. The van der Waals surface area contributed by atoms with Gasteiger partial charge in [0.2, 0.25) is 0 Å². The summed E-state index contributed by atoms with van der Waals surface area (Å²) in [6.07, 6.45) is 4.10. The lowest BCUT2D eigenvalue weighted by atomic mass is 10.1. The number of hydrogen-bond acceptors (Lipinski definition) is 7. The number of thioether (sulfide) groups is 1. The second-order valence-electron chi connectivity index (χ2n) is 8.14. The smallest absolute Gasteiger partial charge is 0.271 e. The molecule has 0 aliphatic heterocycles. The number of hydrogen-bond donors (Lipinski definition) is 1. The summed E-state index contributed by atoms with van der Waals surface area (Å²) in [6.45, 7) is 2.53. The highest BCUT2D eigenvalue weighted by atomic mass is 32.2. The van der Waals surface area contributed by atoms with Crippen molar-refractivity contribution in [3.8, 4) is 5.69 Å². The van der Waals surface area contributed by atoms with Crippen LogP contribution in [0.3, 0.4) is 0 Å². The van der Waals surface area contributed by atoms with E-state index >= 15 is 0 Å². The molecule has 0 fully saturated rings. The van der Waals surface area contributed by atoms with Gasteiger partial charge in [-0.1, -0.05) is 60.3 Å². The Bertz CT molecular complexity index is 1450. The lowest BCUT2D eigenvalue weighted by Gasteiger charge is -2.12. The number of aromatic nitrogens is 5. The molecule has 0 saturated heterocycles. The Morgan fingerprint density at radius 1 is 0.972 bits per heavy atom. The summed E-state index contributed by atoms with van der Waals surface area (Å²) in [5.41, 5.74) is 4.81. The second-order valence-corrected chi connectivity index (χ2v) is 10.0. The van der Waals surface area contributed by atoms with E-state index in [1.807, 2.05) is 42.5 Å². The van der Waals surface area contributed by atoms with Gasteiger partial charge < -0.3 is 5.32 Å². The topological polar surface area (TPSA) is 85.6 Å². The van der Waals surface area contributed by atoms with Gasteiger partial charge in [-0.15, -0.1) is 21.5 Å². The van der Waals surface area contributed by atoms with Crippen LogP contribution in [0.25, 0.3) is 5.69 Å². The molecule has 0 radical (unpaired) electrons. The van der Waals surface area contributed by atoms with E-state index in [9.17, 15) is 4.79 Å². The molecule has 3 heterocycles. The first-order valence-electron chi connectivity index (χ1n) is 11.5. The molecular weight excluding hydrogens is 488 g/mol. The third-order valence-electron chi connectivity index (χ3n) is 5.57. The fourth-order valence-corrected chi connectivity index (χ4v) is 5.48. The molecule has 1 amide bonds. The van der Waals surface area contributed by atoms with Crippen LogP contribution in [0.15, 0.2) is 89.7 Å². The van der Waals surface area contributed by atoms with Crippen LogP contribution in [0.4, 0.5) is 0 Å². The fraction of sp³-hybridized carbons (Fsp3) is 0.148. The highest BCUT2D eigenvalue weighted by Crippen LogP contribution is 2.28. The highest BCUT2D eigenvalue weighted by molar-refractivity contribution is 7.98. The molecule has 36 heavy (non-hydrogen) atoms. The van der Waals surface area contributed by atoms with Gasteiger partial charge in [-0.2, -0.15) is 0 Å². The molecule has 0 aliphatic rings. The van der Waals surface area contributed by atoms with Crippen LogP contribution >= 0.6 is 23.1 Å². The molecule has 0 atom stereocenters. The minimum absolute atomic E-state index is 0.187. The maximum Gasteiger partial charge on any atom is 0.271 e. The number of benzene rings is 2. The van der Waals surface area contributed by atoms with Crippen molar-refractivity contribution in [3.63, 3.8) is 0 Å². The molecule has 7 nitrogen and oxygen atoms in total. The minimum Gasteiger partial charge on any atom is -0.347 e. The van der Waals surface area contributed by atoms with Crippen molar-refractivity contribution in [2.45, 2.75) is 30.8 Å². The van der Waals surface area contributed by atoms with Crippen molar-refractivity contribution in [2.24, 2.45) is 0 Å². The summed E-state index contributed by atoms with van der Waals surface area (Å²) < 4.78 is 2.13. The number of carbonyl (C=O) groups excluding carboxylic acids is 1. The summed E-state index contributed by atoms with van der Waals surface area (Å²) >= 11 is 3.04. The molecule has 9 heteroatoms. The first-order chi connectivity index (χ1) is 17.7. The van der Waals surface area contributed by atoms with Gasteiger partial charge in [-0.25, -0.2) is 4.98 Å². The zero-order chi connectivity index (χ0) is 24.7. The number of amides is 1. The summed E-state index contributed by atoms with van der Waals surface area (Å²) in [4.78, 5) is 21.1. The number of nitrogens with one attached hydrogen (secondary N) is 1. The lowest BCUT2D eigenvalue weighted by Crippen LogP contribution is -2.23. The fourth-order valence-electron chi connectivity index (χ4n) is 3.72. The molecule has 0 spiro atoms. The number of rotatable bonds is 9. The van der Waals surface area contributed by atoms with Gasteiger partial charge in [0.05, 0.1) is 11.4 Å². The van der Waals surface area contributed by atoms with E-state index in [1.54, 1.807) is 29.5 Å². The molecule has 180 valence electrons. The Balaban J connectivity index is 1.31. The number of pyridine rings is 1. The van der Waals surface area contributed by atoms with Crippen LogP contribution in [-0.2, 0) is 18.7 Å². The number of thiazole rings is 1. The zero-order valence-corrected chi connectivity index (χ0v) is 21.3. The summed E-state index contributed by atoms with van der Waals surface area (Å²) in [7, 11) is 0. The predicted octanol–water partition coefficient (Wildman–Crippen LogP) is 5.24. The van der Waals surface area contributed by atoms with Gasteiger partial charge in [0, 0.05) is 30.7 Å². The predicted molar refractivity (Wildman–Crippen MR) is 142 cm³/mol. The van der Waals surface area contributed by atoms with Crippen molar-refractivity contribution < 1.29 is 4.79 Å². The Morgan fingerprint density at radius 3 is 2.56 bits per heavy atom. The molecule has 1 N–H and O–H groups in total. The number of nitrogens with zero attached hydrogens (tertiary/aromatic N) is 5. The van der Waals surface area contributed by atoms with E-state index in [0.717, 1.165) is 32.8 Å². The molecule has 3 aromatic heterocycles. The first kappa shape index (κ1) is 23.9. The van der Waals surface area contributed by atoms with Gasteiger partial charge in [0.15, 0.2) is 5.16 Å². The Kier molecular flexibility index (Phi) is 7.49. The minimum atomic E-state index is -0.187. The number of para-hydroxylation sites is 1. The third kappa shape index (κ3) is 5.69. The molecule has 0 aliphatic carbocycles. The van der Waals surface area contributed by atoms with Crippen LogP contribution in [0.1, 0.15) is 38.0 Å². The van der Waals surface area contributed by atoms with Crippen molar-refractivity contribution in [1.82, 2.24) is 30.0 Å². The Labute approximate surface area is 217 Å². The average Bonchev–Trinajstić information content (AvgIpc) is 3.55. The van der Waals surface area contributed by atoms with Crippen LogP contribution < -0.4 is 5.32 Å². The van der Waals surface area contributed by atoms with Gasteiger partial charge in [0.25, 0.3) is 5.91 Å². The van der Waals surface area contributed by atoms with E-state index in [1.165, 1.54) is 16.9 Å². The monoisotopic (exact) mass is 512 g/mol. The standard InChI is InChI=1S/C27H24N6OS2/c1-19-7-5-6-10-23(19)33-24(15-20-8-3-2-4-9-20)31-32-27(33)36-18-25-30-22(17-35-25)26(34)29-16-21-11-13-28-14-12-21/h2-14,17H,15-16,18H2,1H3,(H,29,34). The van der Waals surface area contributed by atoms with Crippen molar-refractivity contribution in [3.05, 3.63) is 118 Å². The second kappa shape index (κ2) is 11.3. The summed E-state index contributed by atoms with van der Waals surface area (Å²) in [6, 6.07) is 22.3. The molecule has 5 aromatic rings. The Morgan fingerprint density at radius 2 is 1.75 bits per heavy atom.